The molecule has 49 heavy (non-hydrogen) atoms. The Labute approximate surface area is 326 Å². The maximum atomic E-state index is 11.7. The summed E-state index contributed by atoms with van der Waals surface area (Å²) in [5.74, 6) is 0. The van der Waals surface area contributed by atoms with Crippen LogP contribution >= 0.6 is 0 Å². The van der Waals surface area contributed by atoms with E-state index in [-0.39, 0.29) is 47.5 Å². The van der Waals surface area contributed by atoms with Crippen LogP contribution in [-0.2, 0) is 45.9 Å². The number of aryl methyl sites for hydroxylation is 4. The van der Waals surface area contributed by atoms with Crippen LogP contribution in [0.3, 0.4) is 0 Å². The van der Waals surface area contributed by atoms with Gasteiger partial charge < -0.3 is 9.11 Å². The molecule has 0 N–H and O–H groups in total. The molecule has 0 radical (unpaired) electrons. The molecule has 6 nitrogen and oxygen atoms in total. The van der Waals surface area contributed by atoms with Crippen LogP contribution in [0.25, 0.3) is 21.5 Å². The molecule has 0 aliphatic heterocycles. The van der Waals surface area contributed by atoms with Gasteiger partial charge in [0.2, 0.25) is 0 Å². The maximum Gasteiger partial charge on any atom is 2.00 e. The molecule has 0 heterocycles. The Morgan fingerprint density at radius 3 is 1.02 bits per heavy atom. The second kappa shape index (κ2) is 21.8. The largest absolute Gasteiger partial charge is 2.00 e. The van der Waals surface area contributed by atoms with E-state index in [9.17, 15) is 25.9 Å². The van der Waals surface area contributed by atoms with E-state index in [0.29, 0.717) is 10.8 Å². The van der Waals surface area contributed by atoms with Crippen LogP contribution in [0.1, 0.15) is 127 Å². The number of rotatable bonds is 18. The second-order valence-corrected chi connectivity index (χ2v) is 15.7. The fourth-order valence-corrected chi connectivity index (χ4v) is 7.67. The predicted octanol–water partition coefficient (Wildman–Crippen LogP) is 10.0. The van der Waals surface area contributed by atoms with E-state index in [0.717, 1.165) is 136 Å². The third-order valence-electron chi connectivity index (χ3n) is 8.90. The van der Waals surface area contributed by atoms with E-state index >= 15 is 0 Å². The van der Waals surface area contributed by atoms with Gasteiger partial charge in [0.05, 0.1) is 9.79 Å². The van der Waals surface area contributed by atoms with E-state index in [4.69, 9.17) is 0 Å². The Bertz CT molecular complexity index is 1700. The second-order valence-electron chi connectivity index (χ2n) is 13.0. The van der Waals surface area contributed by atoms with E-state index < -0.39 is 20.2 Å². The molecule has 0 amide bonds. The van der Waals surface area contributed by atoms with Crippen LogP contribution < -0.4 is 0 Å². The van der Waals surface area contributed by atoms with Gasteiger partial charge in [0.25, 0.3) is 0 Å². The molecule has 0 spiro atoms. The van der Waals surface area contributed by atoms with Crippen LogP contribution in [0.15, 0.2) is 70.5 Å². The van der Waals surface area contributed by atoms with E-state index in [1.165, 1.54) is 0 Å². The van der Waals surface area contributed by atoms with Crippen LogP contribution in [0.5, 0.6) is 0 Å². The average Bonchev–Trinajstić information content (AvgIpc) is 3.04. The monoisotopic (exact) mass is 734 g/mol. The van der Waals surface area contributed by atoms with Crippen molar-refractivity contribution in [1.29, 1.82) is 0 Å². The summed E-state index contributed by atoms with van der Waals surface area (Å²) < 4.78 is 70.5. The SMILES string of the molecule is CCCCCc1cc(S(=O)(=O)[O-])c2cc(CCCCC)ccc2c1.CCCCCc1cc(S(=O)(=O)[O-])c2cc(CCCCC)ccc2c1.[Ca+2]. The Kier molecular flexibility index (Phi) is 19.4. The molecule has 4 aromatic carbocycles. The molecular formula is C40H54CaO6S2. The zero-order valence-corrected chi connectivity index (χ0v) is 33.9. The first kappa shape index (κ1) is 43.6. The minimum Gasteiger partial charge on any atom is -0.744 e. The number of hydrogen-bond acceptors (Lipinski definition) is 6. The van der Waals surface area contributed by atoms with Crippen molar-refractivity contribution in [2.24, 2.45) is 0 Å². The molecular weight excluding hydrogens is 681 g/mol. The zero-order chi connectivity index (χ0) is 35.2. The molecule has 0 unspecified atom stereocenters. The van der Waals surface area contributed by atoms with Crippen molar-refractivity contribution >= 4 is 79.5 Å². The molecule has 0 aliphatic carbocycles. The van der Waals surface area contributed by atoms with Crippen molar-refractivity contribution < 1.29 is 25.9 Å². The average molecular weight is 735 g/mol. The van der Waals surface area contributed by atoms with Crippen LogP contribution in [0, 0.1) is 0 Å². The van der Waals surface area contributed by atoms with Gasteiger partial charge in [-0.1, -0.05) is 115 Å². The van der Waals surface area contributed by atoms with E-state index in [2.05, 4.69) is 39.8 Å². The van der Waals surface area contributed by atoms with Crippen molar-refractivity contribution in [2.75, 3.05) is 0 Å². The minimum absolute atomic E-state index is 0. The van der Waals surface area contributed by atoms with Crippen LogP contribution in [-0.4, -0.2) is 63.7 Å². The van der Waals surface area contributed by atoms with Crippen molar-refractivity contribution in [2.45, 2.75) is 140 Å². The third-order valence-corrected chi connectivity index (χ3v) is 10.6. The summed E-state index contributed by atoms with van der Waals surface area (Å²) in [5.41, 5.74) is 4.06. The standard InChI is InChI=1S/2C20H28O3S.Ca/c2*1-3-5-7-9-16-11-12-18-13-17(10-8-6-4-2)15-20(19(18)14-16)24(21,22)23;/h2*11-15H,3-10H2,1-2H3,(H,21,22,23);/q;;+2/p-2. The van der Waals surface area contributed by atoms with Gasteiger partial charge in [-0.3, -0.25) is 0 Å². The molecule has 0 aromatic heterocycles. The van der Waals surface area contributed by atoms with Gasteiger partial charge in [-0.05, 0) is 119 Å². The Balaban J connectivity index is 0.000000333. The number of unbranched alkanes of at least 4 members (excludes halogenated alkanes) is 8. The van der Waals surface area contributed by atoms with Crippen LogP contribution in [0.4, 0.5) is 0 Å². The van der Waals surface area contributed by atoms with Gasteiger partial charge in [0, 0.05) is 0 Å². The first-order chi connectivity index (χ1) is 22.9. The van der Waals surface area contributed by atoms with Crippen molar-refractivity contribution in [1.82, 2.24) is 0 Å². The van der Waals surface area contributed by atoms with Gasteiger partial charge >= 0.3 is 37.7 Å². The molecule has 4 rings (SSSR count). The molecule has 4 aromatic rings. The Morgan fingerprint density at radius 1 is 0.429 bits per heavy atom. The predicted molar refractivity (Wildman–Crippen MR) is 202 cm³/mol. The summed E-state index contributed by atoms with van der Waals surface area (Å²) in [5, 5.41) is 2.83. The third kappa shape index (κ3) is 14.2. The molecule has 0 fully saturated rings. The summed E-state index contributed by atoms with van der Waals surface area (Å²) >= 11 is 0. The molecule has 0 saturated carbocycles. The fraction of sp³-hybridized carbons (Fsp3) is 0.500. The summed E-state index contributed by atoms with van der Waals surface area (Å²) in [6.07, 6.45) is 16.7. The molecule has 0 aliphatic rings. The summed E-state index contributed by atoms with van der Waals surface area (Å²) in [4.78, 5) is -0.132. The van der Waals surface area contributed by atoms with Gasteiger partial charge in [-0.15, -0.1) is 0 Å². The Morgan fingerprint density at radius 2 is 0.735 bits per heavy atom. The zero-order valence-electron chi connectivity index (χ0n) is 30.1. The summed E-state index contributed by atoms with van der Waals surface area (Å²) in [6, 6.07) is 19.0. The van der Waals surface area contributed by atoms with Crippen molar-refractivity contribution in [3.63, 3.8) is 0 Å². The molecule has 0 atom stereocenters. The number of fused-ring (bicyclic) bond motifs is 2. The van der Waals surface area contributed by atoms with Crippen molar-refractivity contribution in [3.05, 3.63) is 82.9 Å². The normalized spacial score (nSPS) is 11.7. The molecule has 264 valence electrons. The molecule has 0 bridgehead atoms. The van der Waals surface area contributed by atoms with E-state index in [1.807, 2.05) is 36.4 Å². The van der Waals surface area contributed by atoms with Gasteiger partial charge in [-0.25, -0.2) is 16.8 Å². The first-order valence-corrected chi connectivity index (χ1v) is 20.8. The summed E-state index contributed by atoms with van der Waals surface area (Å²) in [6.45, 7) is 8.58. The van der Waals surface area contributed by atoms with Crippen molar-refractivity contribution in [3.8, 4) is 0 Å². The molecule has 0 saturated heterocycles. The maximum absolute atomic E-state index is 11.7. The van der Waals surface area contributed by atoms with Crippen LogP contribution in [0.2, 0.25) is 0 Å². The first-order valence-electron chi connectivity index (χ1n) is 17.9. The number of benzene rings is 4. The summed E-state index contributed by atoms with van der Waals surface area (Å²) in [7, 11) is -8.95. The smallest absolute Gasteiger partial charge is 0.744 e. The quantitative estimate of drug-likeness (QED) is 0.0571. The van der Waals surface area contributed by atoms with Gasteiger partial charge in [0.15, 0.2) is 0 Å². The Hall–Kier alpha value is -1.52. The van der Waals surface area contributed by atoms with Gasteiger partial charge in [-0.2, -0.15) is 0 Å². The topological polar surface area (TPSA) is 114 Å². The minimum atomic E-state index is -4.47. The van der Waals surface area contributed by atoms with Gasteiger partial charge in [0.1, 0.15) is 20.2 Å². The number of hydrogen-bond donors (Lipinski definition) is 0. The fourth-order valence-electron chi connectivity index (χ4n) is 6.19. The molecule has 9 heteroatoms. The van der Waals surface area contributed by atoms with E-state index in [1.54, 1.807) is 12.1 Å².